The smallest absolute Gasteiger partial charge is 0.410 e. The number of likely N-dealkylation sites (tertiary alicyclic amines) is 1. The normalized spacial score (nSPS) is 21.9. The third-order valence-corrected chi connectivity index (χ3v) is 4.23. The molecule has 132 valence electrons. The Morgan fingerprint density at radius 2 is 2.09 bits per heavy atom. The molecule has 23 heavy (non-hydrogen) atoms. The molecule has 4 nitrogen and oxygen atoms in total. The second-order valence-corrected chi connectivity index (χ2v) is 7.61. The van der Waals surface area contributed by atoms with Gasteiger partial charge in [0.05, 0.1) is 6.04 Å². The van der Waals surface area contributed by atoms with E-state index < -0.39 is 5.60 Å². The second-order valence-electron chi connectivity index (χ2n) is 7.61. The number of nitrogens with one attached hydrogen (secondary N) is 1. The van der Waals surface area contributed by atoms with E-state index in [9.17, 15) is 4.79 Å². The molecule has 0 aromatic rings. The van der Waals surface area contributed by atoms with Crippen LogP contribution in [0.4, 0.5) is 4.79 Å². The van der Waals surface area contributed by atoms with Crippen molar-refractivity contribution in [2.45, 2.75) is 96.9 Å². The largest absolute Gasteiger partial charge is 0.444 e. The van der Waals surface area contributed by atoms with E-state index in [1.807, 2.05) is 25.7 Å². The van der Waals surface area contributed by atoms with Crippen LogP contribution in [-0.4, -0.2) is 41.3 Å². The third-order valence-electron chi connectivity index (χ3n) is 4.23. The van der Waals surface area contributed by atoms with Crippen LogP contribution in [0.1, 0.15) is 73.1 Å². The summed E-state index contributed by atoms with van der Waals surface area (Å²) < 4.78 is 5.60. The molecule has 0 radical (unpaired) electrons. The highest BCUT2D eigenvalue weighted by Gasteiger charge is 2.30. The fourth-order valence-corrected chi connectivity index (χ4v) is 3.09. The lowest BCUT2D eigenvalue weighted by Crippen LogP contribution is -2.46. The van der Waals surface area contributed by atoms with Gasteiger partial charge in [-0.25, -0.2) is 4.79 Å². The van der Waals surface area contributed by atoms with Gasteiger partial charge in [0.15, 0.2) is 0 Å². The van der Waals surface area contributed by atoms with Gasteiger partial charge in [0.2, 0.25) is 0 Å². The van der Waals surface area contributed by atoms with Crippen molar-refractivity contribution in [3.8, 4) is 12.3 Å². The number of carbonyl (C=O) groups excluding carboxylic acids is 1. The minimum atomic E-state index is -0.450. The quantitative estimate of drug-likeness (QED) is 0.779. The minimum absolute atomic E-state index is 0.103. The van der Waals surface area contributed by atoms with Crippen LogP contribution in [0, 0.1) is 12.3 Å². The van der Waals surface area contributed by atoms with Crippen molar-refractivity contribution < 1.29 is 9.53 Å². The van der Waals surface area contributed by atoms with E-state index in [2.05, 4.69) is 25.1 Å². The molecule has 1 rings (SSSR count). The Hall–Kier alpha value is -1.21. The zero-order valence-corrected chi connectivity index (χ0v) is 15.5. The number of rotatable bonds is 5. The fraction of sp³-hybridized carbons (Fsp3) is 0.842. The standard InChI is InChI=1S/C19H34N2O2/c1-7-16(8-2)20-15(3)14-17-12-10-9-11-13-21(17)18(22)23-19(4,5)6/h1,15-17,20H,8-14H2,2-6H3. The summed E-state index contributed by atoms with van der Waals surface area (Å²) in [7, 11) is 0. The van der Waals surface area contributed by atoms with Gasteiger partial charge >= 0.3 is 6.09 Å². The van der Waals surface area contributed by atoms with Gasteiger partial charge in [0.25, 0.3) is 0 Å². The molecule has 1 aliphatic heterocycles. The molecule has 1 fully saturated rings. The predicted octanol–water partition coefficient (Wildman–Crippen LogP) is 3.95. The molecule has 1 N–H and O–H groups in total. The van der Waals surface area contributed by atoms with E-state index >= 15 is 0 Å². The van der Waals surface area contributed by atoms with E-state index in [0.717, 1.165) is 32.2 Å². The number of ether oxygens (including phenoxy) is 1. The van der Waals surface area contributed by atoms with E-state index in [-0.39, 0.29) is 24.2 Å². The zero-order chi connectivity index (χ0) is 17.5. The number of carbonyl (C=O) groups is 1. The van der Waals surface area contributed by atoms with Crippen LogP contribution in [0.2, 0.25) is 0 Å². The highest BCUT2D eigenvalue weighted by atomic mass is 16.6. The van der Waals surface area contributed by atoms with Gasteiger partial charge < -0.3 is 15.0 Å². The van der Waals surface area contributed by atoms with Gasteiger partial charge in [0, 0.05) is 18.6 Å². The van der Waals surface area contributed by atoms with Crippen LogP contribution in [0.15, 0.2) is 0 Å². The van der Waals surface area contributed by atoms with Crippen molar-refractivity contribution >= 4 is 6.09 Å². The van der Waals surface area contributed by atoms with Crippen LogP contribution >= 0.6 is 0 Å². The van der Waals surface area contributed by atoms with Crippen molar-refractivity contribution in [1.29, 1.82) is 0 Å². The van der Waals surface area contributed by atoms with Gasteiger partial charge in [-0.3, -0.25) is 0 Å². The summed E-state index contributed by atoms with van der Waals surface area (Å²) in [6.07, 6.45) is 11.6. The molecule has 3 unspecified atom stereocenters. The lowest BCUT2D eigenvalue weighted by atomic mass is 10.0. The van der Waals surface area contributed by atoms with Gasteiger partial charge in [-0.15, -0.1) is 6.42 Å². The molecular formula is C19H34N2O2. The molecule has 1 aliphatic rings. The summed E-state index contributed by atoms with van der Waals surface area (Å²) in [6.45, 7) is 10.8. The Bertz CT molecular complexity index is 409. The maximum atomic E-state index is 12.5. The molecule has 3 atom stereocenters. The Morgan fingerprint density at radius 3 is 2.65 bits per heavy atom. The lowest BCUT2D eigenvalue weighted by molar-refractivity contribution is 0.0150. The SMILES string of the molecule is C#CC(CC)NC(C)CC1CCCCCN1C(=O)OC(C)(C)C. The van der Waals surface area contributed by atoms with E-state index in [1.165, 1.54) is 12.8 Å². The molecule has 0 saturated carbocycles. The van der Waals surface area contributed by atoms with Crippen molar-refractivity contribution in [1.82, 2.24) is 10.2 Å². The Labute approximate surface area is 142 Å². The maximum absolute atomic E-state index is 12.5. The first kappa shape index (κ1) is 19.8. The Morgan fingerprint density at radius 1 is 1.39 bits per heavy atom. The van der Waals surface area contributed by atoms with Gasteiger partial charge in [-0.05, 0) is 53.4 Å². The van der Waals surface area contributed by atoms with Crippen molar-refractivity contribution in [2.75, 3.05) is 6.54 Å². The number of hydrogen-bond donors (Lipinski definition) is 1. The molecule has 0 spiro atoms. The number of amides is 1. The molecule has 0 bridgehead atoms. The molecule has 1 saturated heterocycles. The van der Waals surface area contributed by atoms with Gasteiger partial charge in [-0.1, -0.05) is 25.7 Å². The van der Waals surface area contributed by atoms with E-state index in [1.54, 1.807) is 0 Å². The van der Waals surface area contributed by atoms with Crippen LogP contribution in [0.5, 0.6) is 0 Å². The molecular weight excluding hydrogens is 288 g/mol. The molecule has 0 aromatic carbocycles. The summed E-state index contributed by atoms with van der Waals surface area (Å²) in [5, 5.41) is 3.48. The third kappa shape index (κ3) is 7.26. The first-order valence-electron chi connectivity index (χ1n) is 8.98. The molecule has 0 aromatic heterocycles. The maximum Gasteiger partial charge on any atom is 0.410 e. The molecule has 4 heteroatoms. The summed E-state index contributed by atoms with van der Waals surface area (Å²) in [4.78, 5) is 14.5. The van der Waals surface area contributed by atoms with Crippen molar-refractivity contribution in [3.63, 3.8) is 0 Å². The summed E-state index contributed by atoms with van der Waals surface area (Å²) in [6, 6.07) is 0.611. The van der Waals surface area contributed by atoms with Gasteiger partial charge in [-0.2, -0.15) is 0 Å². The van der Waals surface area contributed by atoms with Crippen LogP contribution < -0.4 is 5.32 Å². The minimum Gasteiger partial charge on any atom is -0.444 e. The first-order valence-corrected chi connectivity index (χ1v) is 8.98. The van der Waals surface area contributed by atoms with Crippen molar-refractivity contribution in [2.24, 2.45) is 0 Å². The molecule has 1 amide bonds. The molecule has 0 aliphatic carbocycles. The van der Waals surface area contributed by atoms with Gasteiger partial charge in [0.1, 0.15) is 5.60 Å². The fourth-order valence-electron chi connectivity index (χ4n) is 3.09. The topological polar surface area (TPSA) is 41.6 Å². The zero-order valence-electron chi connectivity index (χ0n) is 15.5. The van der Waals surface area contributed by atoms with Crippen LogP contribution in [0.25, 0.3) is 0 Å². The highest BCUT2D eigenvalue weighted by molar-refractivity contribution is 5.68. The summed E-state index contributed by atoms with van der Waals surface area (Å²) >= 11 is 0. The Kier molecular flexibility index (Phi) is 7.91. The highest BCUT2D eigenvalue weighted by Crippen LogP contribution is 2.23. The summed E-state index contributed by atoms with van der Waals surface area (Å²) in [5.74, 6) is 2.78. The average molecular weight is 322 g/mol. The number of hydrogen-bond acceptors (Lipinski definition) is 3. The molecule has 1 heterocycles. The predicted molar refractivity (Wildman–Crippen MR) is 95.3 cm³/mol. The summed E-state index contributed by atoms with van der Waals surface area (Å²) in [5.41, 5.74) is -0.450. The van der Waals surface area contributed by atoms with Crippen LogP contribution in [-0.2, 0) is 4.74 Å². The van der Waals surface area contributed by atoms with E-state index in [0.29, 0.717) is 0 Å². The lowest BCUT2D eigenvalue weighted by Gasteiger charge is -2.34. The number of terminal acetylenes is 1. The van der Waals surface area contributed by atoms with E-state index in [4.69, 9.17) is 11.2 Å². The first-order chi connectivity index (χ1) is 10.8. The Balaban J connectivity index is 2.70. The van der Waals surface area contributed by atoms with Crippen LogP contribution in [0.3, 0.4) is 0 Å². The average Bonchev–Trinajstić information content (AvgIpc) is 2.68. The second kappa shape index (κ2) is 9.17. The van der Waals surface area contributed by atoms with Crippen molar-refractivity contribution in [3.05, 3.63) is 0 Å². The number of nitrogens with zero attached hydrogens (tertiary/aromatic N) is 1. The monoisotopic (exact) mass is 322 g/mol.